The molecule has 7 nitrogen and oxygen atoms in total. The summed E-state index contributed by atoms with van der Waals surface area (Å²) in [7, 11) is 1.19. The van der Waals surface area contributed by atoms with Gasteiger partial charge in [-0.05, 0) is 24.6 Å². The van der Waals surface area contributed by atoms with Crippen LogP contribution in [0.15, 0.2) is 23.3 Å². The number of fused-ring (bicyclic) bond motifs is 1. The molecule has 8 heteroatoms. The van der Waals surface area contributed by atoms with Crippen LogP contribution < -0.4 is 10.3 Å². The van der Waals surface area contributed by atoms with Crippen LogP contribution in [-0.4, -0.2) is 36.6 Å². The van der Waals surface area contributed by atoms with E-state index in [9.17, 15) is 14.4 Å². The molecule has 1 aromatic carbocycles. The van der Waals surface area contributed by atoms with E-state index < -0.39 is 29.7 Å². The number of ether oxygens (including phenoxy) is 1. The van der Waals surface area contributed by atoms with Crippen molar-refractivity contribution in [2.75, 3.05) is 12.0 Å². The van der Waals surface area contributed by atoms with Crippen LogP contribution in [0.5, 0.6) is 0 Å². The Kier molecular flexibility index (Phi) is 3.37. The maximum Gasteiger partial charge on any atom is 0.355 e. The summed E-state index contributed by atoms with van der Waals surface area (Å²) in [6.45, 7) is 1.72. The summed E-state index contributed by atoms with van der Waals surface area (Å²) in [4.78, 5) is 37.8. The molecule has 0 saturated carbocycles. The Morgan fingerprint density at radius 3 is 2.77 bits per heavy atom. The number of hydrazone groups is 1. The van der Waals surface area contributed by atoms with Gasteiger partial charge in [0.05, 0.1) is 12.8 Å². The third kappa shape index (κ3) is 1.89. The van der Waals surface area contributed by atoms with Gasteiger partial charge in [0, 0.05) is 5.02 Å². The lowest BCUT2D eigenvalue weighted by Crippen LogP contribution is -2.36. The molecule has 2 aliphatic heterocycles. The van der Waals surface area contributed by atoms with Gasteiger partial charge < -0.3 is 4.74 Å². The molecule has 2 atom stereocenters. The molecule has 1 aromatic rings. The number of carbonyl (C=O) groups excluding carboxylic acids is 3. The molecule has 22 heavy (non-hydrogen) atoms. The fourth-order valence-electron chi connectivity index (χ4n) is 2.64. The van der Waals surface area contributed by atoms with Gasteiger partial charge in [0.25, 0.3) is 5.91 Å². The number of amides is 2. The Morgan fingerprint density at radius 1 is 1.36 bits per heavy atom. The van der Waals surface area contributed by atoms with E-state index in [4.69, 9.17) is 11.6 Å². The number of halogens is 1. The summed E-state index contributed by atoms with van der Waals surface area (Å²) >= 11 is 6.05. The molecule has 0 spiro atoms. The van der Waals surface area contributed by atoms with Gasteiger partial charge in [-0.25, -0.2) is 9.69 Å². The number of imide groups is 1. The number of anilines is 1. The summed E-state index contributed by atoms with van der Waals surface area (Å²) < 4.78 is 4.60. The SMILES string of the molecule is COC(=O)C1=NN[C@@H]2C(=O)N(c3cccc(Cl)c3C)C(=O)[C@@H]12. The molecule has 2 aliphatic rings. The Bertz CT molecular complexity index is 731. The van der Waals surface area contributed by atoms with Gasteiger partial charge in [0.1, 0.15) is 12.0 Å². The number of hydrogen-bond donors (Lipinski definition) is 1. The smallest absolute Gasteiger partial charge is 0.355 e. The van der Waals surface area contributed by atoms with Gasteiger partial charge in [-0.2, -0.15) is 5.10 Å². The van der Waals surface area contributed by atoms with Crippen molar-refractivity contribution < 1.29 is 19.1 Å². The molecular weight excluding hydrogens is 310 g/mol. The Morgan fingerprint density at radius 2 is 2.09 bits per heavy atom. The number of methoxy groups -OCH3 is 1. The summed E-state index contributed by atoms with van der Waals surface area (Å²) in [5, 5.41) is 4.21. The molecule has 114 valence electrons. The van der Waals surface area contributed by atoms with Crippen LogP contribution in [0, 0.1) is 12.8 Å². The number of nitrogens with one attached hydrogen (secondary N) is 1. The third-order valence-corrected chi connectivity index (χ3v) is 4.21. The first-order valence-electron chi connectivity index (χ1n) is 6.51. The highest BCUT2D eigenvalue weighted by Gasteiger charge is 2.55. The molecule has 2 amide bonds. The topological polar surface area (TPSA) is 88.1 Å². The van der Waals surface area contributed by atoms with Crippen molar-refractivity contribution in [3.63, 3.8) is 0 Å². The van der Waals surface area contributed by atoms with Crippen molar-refractivity contribution in [1.29, 1.82) is 0 Å². The minimum absolute atomic E-state index is 0.0898. The average molecular weight is 322 g/mol. The first-order chi connectivity index (χ1) is 10.5. The van der Waals surface area contributed by atoms with Crippen LogP contribution in [0.4, 0.5) is 5.69 Å². The highest BCUT2D eigenvalue weighted by Crippen LogP contribution is 2.34. The van der Waals surface area contributed by atoms with Crippen LogP contribution in [0.25, 0.3) is 0 Å². The second-order valence-electron chi connectivity index (χ2n) is 4.97. The van der Waals surface area contributed by atoms with Gasteiger partial charge >= 0.3 is 5.97 Å². The van der Waals surface area contributed by atoms with Gasteiger partial charge in [-0.3, -0.25) is 15.0 Å². The molecule has 2 heterocycles. The lowest BCUT2D eigenvalue weighted by molar-refractivity contribution is -0.133. The number of nitrogens with zero attached hydrogens (tertiary/aromatic N) is 2. The molecule has 0 radical (unpaired) electrons. The monoisotopic (exact) mass is 321 g/mol. The minimum atomic E-state index is -0.974. The maximum atomic E-state index is 12.6. The second kappa shape index (κ2) is 5.10. The predicted molar refractivity (Wildman–Crippen MR) is 78.5 cm³/mol. The zero-order valence-electron chi connectivity index (χ0n) is 11.8. The van der Waals surface area contributed by atoms with Crippen molar-refractivity contribution in [3.05, 3.63) is 28.8 Å². The Labute approximate surface area is 130 Å². The van der Waals surface area contributed by atoms with E-state index in [1.807, 2.05) is 0 Å². The summed E-state index contributed by atoms with van der Waals surface area (Å²) in [6, 6.07) is 4.07. The molecule has 1 saturated heterocycles. The van der Waals surface area contributed by atoms with E-state index >= 15 is 0 Å². The van der Waals surface area contributed by atoms with E-state index in [1.54, 1.807) is 25.1 Å². The molecule has 3 rings (SSSR count). The zero-order valence-corrected chi connectivity index (χ0v) is 12.5. The van der Waals surface area contributed by atoms with Crippen LogP contribution in [0.3, 0.4) is 0 Å². The molecule has 0 unspecified atom stereocenters. The lowest BCUT2D eigenvalue weighted by atomic mass is 9.99. The Balaban J connectivity index is 2.02. The van der Waals surface area contributed by atoms with Crippen molar-refractivity contribution in [2.45, 2.75) is 13.0 Å². The van der Waals surface area contributed by atoms with Gasteiger partial charge in [0.2, 0.25) is 5.91 Å². The standard InChI is InChI=1S/C14H12ClN3O4/c1-6-7(15)4-3-5-8(6)18-12(19)9-10(13(18)20)16-17-11(9)14(21)22-2/h3-5,9-10,16H,1-2H3/t9-,10+/m1/s1. The number of rotatable bonds is 2. The summed E-state index contributed by atoms with van der Waals surface area (Å²) in [5.74, 6) is -2.69. The van der Waals surface area contributed by atoms with Gasteiger partial charge in [-0.1, -0.05) is 17.7 Å². The summed E-state index contributed by atoms with van der Waals surface area (Å²) in [6.07, 6.45) is 0. The Hall–Kier alpha value is -2.41. The number of esters is 1. The summed E-state index contributed by atoms with van der Waals surface area (Å²) in [5.41, 5.74) is 3.47. The number of carbonyl (C=O) groups is 3. The normalized spacial score (nSPS) is 23.2. The second-order valence-corrected chi connectivity index (χ2v) is 5.38. The van der Waals surface area contributed by atoms with E-state index in [1.165, 1.54) is 7.11 Å². The molecule has 1 fully saturated rings. The first-order valence-corrected chi connectivity index (χ1v) is 6.89. The molecular formula is C14H12ClN3O4. The van der Waals surface area contributed by atoms with Gasteiger partial charge in [0.15, 0.2) is 5.71 Å². The van der Waals surface area contributed by atoms with E-state index in [0.717, 1.165) is 4.90 Å². The van der Waals surface area contributed by atoms with Crippen LogP contribution in [0.1, 0.15) is 5.56 Å². The average Bonchev–Trinajstić information content (AvgIpc) is 3.04. The highest BCUT2D eigenvalue weighted by atomic mass is 35.5. The first kappa shape index (κ1) is 14.5. The predicted octanol–water partition coefficient (Wildman–Crippen LogP) is 0.639. The fraction of sp³-hybridized carbons (Fsp3) is 0.286. The zero-order chi connectivity index (χ0) is 16.0. The minimum Gasteiger partial charge on any atom is -0.464 e. The van der Waals surface area contributed by atoms with Crippen molar-refractivity contribution in [3.8, 4) is 0 Å². The lowest BCUT2D eigenvalue weighted by Gasteiger charge is -2.18. The van der Waals surface area contributed by atoms with Crippen LogP contribution in [-0.2, 0) is 19.1 Å². The van der Waals surface area contributed by atoms with E-state index in [0.29, 0.717) is 16.3 Å². The number of benzene rings is 1. The number of hydrogen-bond acceptors (Lipinski definition) is 6. The van der Waals surface area contributed by atoms with Crippen molar-refractivity contribution in [2.24, 2.45) is 11.0 Å². The van der Waals surface area contributed by atoms with Crippen molar-refractivity contribution >= 4 is 40.8 Å². The van der Waals surface area contributed by atoms with Crippen LogP contribution >= 0.6 is 11.6 Å². The largest absolute Gasteiger partial charge is 0.464 e. The van der Waals surface area contributed by atoms with Crippen molar-refractivity contribution in [1.82, 2.24) is 5.43 Å². The fourth-order valence-corrected chi connectivity index (χ4v) is 2.81. The molecule has 1 N–H and O–H groups in total. The molecule has 0 aromatic heterocycles. The quantitative estimate of drug-likeness (QED) is 0.638. The molecule has 0 aliphatic carbocycles. The highest BCUT2D eigenvalue weighted by molar-refractivity contribution is 6.46. The van der Waals surface area contributed by atoms with Crippen LogP contribution in [0.2, 0.25) is 5.02 Å². The van der Waals surface area contributed by atoms with E-state index in [-0.39, 0.29) is 5.71 Å². The van der Waals surface area contributed by atoms with Gasteiger partial charge in [-0.15, -0.1) is 0 Å². The maximum absolute atomic E-state index is 12.6. The molecule has 0 bridgehead atoms. The third-order valence-electron chi connectivity index (χ3n) is 3.80. The van der Waals surface area contributed by atoms with E-state index in [2.05, 4.69) is 15.3 Å².